The number of aryl methyl sites for hydroxylation is 2. The van der Waals surface area contributed by atoms with Crippen molar-refractivity contribution in [3.8, 4) is 5.75 Å². The Balaban J connectivity index is 2.04. The zero-order valence-electron chi connectivity index (χ0n) is 9.36. The lowest BCUT2D eigenvalue weighted by molar-refractivity contribution is -0.139. The van der Waals surface area contributed by atoms with Crippen LogP contribution in [-0.2, 0) is 4.79 Å². The van der Waals surface area contributed by atoms with Crippen molar-refractivity contribution in [2.45, 2.75) is 19.8 Å². The van der Waals surface area contributed by atoms with Gasteiger partial charge < -0.3 is 9.84 Å². The summed E-state index contributed by atoms with van der Waals surface area (Å²) in [5, 5.41) is 9.08. The second-order valence-corrected chi connectivity index (χ2v) is 4.84. The van der Waals surface area contributed by atoms with E-state index in [9.17, 15) is 4.79 Å². The molecule has 84 valence electrons. The van der Waals surface area contributed by atoms with Gasteiger partial charge in [0.05, 0.1) is 12.5 Å². The molecule has 1 aromatic rings. The van der Waals surface area contributed by atoms with Crippen molar-refractivity contribution in [3.05, 3.63) is 28.8 Å². The molecule has 0 radical (unpaired) electrons. The molecule has 1 N–H and O–H groups in total. The largest absolute Gasteiger partial charge is 0.493 e. The zero-order chi connectivity index (χ0) is 11.4. The summed E-state index contributed by atoms with van der Waals surface area (Å²) in [6.45, 7) is 4.65. The molecule has 1 aromatic carbocycles. The van der Waals surface area contributed by atoms with Crippen LogP contribution in [0, 0.1) is 25.7 Å². The molecule has 0 aromatic heterocycles. The van der Waals surface area contributed by atoms with Gasteiger partial charge in [0.2, 0.25) is 0 Å². The molecule has 1 aliphatic carbocycles. The van der Waals surface area contributed by atoms with E-state index >= 15 is 0 Å². The zero-order valence-corrected chi connectivity index (χ0v) is 9.36. The molecule has 0 amide bonds. The molecule has 3 rings (SSSR count). The minimum Gasteiger partial charge on any atom is -0.493 e. The lowest BCUT2D eigenvalue weighted by Crippen LogP contribution is -2.09. The van der Waals surface area contributed by atoms with Crippen molar-refractivity contribution in [2.75, 3.05) is 6.61 Å². The normalized spacial score (nSPS) is 30.0. The highest BCUT2D eigenvalue weighted by Gasteiger charge is 2.59. The van der Waals surface area contributed by atoms with E-state index in [0.29, 0.717) is 6.61 Å². The number of fused-ring (bicyclic) bond motifs is 3. The quantitative estimate of drug-likeness (QED) is 0.785. The fraction of sp³-hybridized carbons (Fsp3) is 0.462. The van der Waals surface area contributed by atoms with Crippen LogP contribution >= 0.6 is 0 Å². The van der Waals surface area contributed by atoms with Gasteiger partial charge in [0, 0.05) is 11.8 Å². The molecule has 0 saturated heterocycles. The van der Waals surface area contributed by atoms with E-state index in [1.165, 1.54) is 11.1 Å². The molecule has 0 spiro atoms. The van der Waals surface area contributed by atoms with Crippen LogP contribution in [0.2, 0.25) is 0 Å². The fourth-order valence-corrected chi connectivity index (χ4v) is 2.73. The first-order valence-corrected chi connectivity index (χ1v) is 5.56. The predicted octanol–water partition coefficient (Wildman–Crippen LogP) is 2.11. The first-order chi connectivity index (χ1) is 7.59. The maximum atomic E-state index is 11.0. The number of carbonyl (C=O) groups is 1. The lowest BCUT2D eigenvalue weighted by atomic mass is 9.99. The van der Waals surface area contributed by atoms with E-state index in [4.69, 9.17) is 9.84 Å². The third-order valence-electron chi connectivity index (χ3n) is 3.87. The van der Waals surface area contributed by atoms with Crippen molar-refractivity contribution in [2.24, 2.45) is 11.8 Å². The minimum absolute atomic E-state index is 0.181. The number of hydrogen-bond donors (Lipinski definition) is 1. The van der Waals surface area contributed by atoms with Crippen LogP contribution in [0.4, 0.5) is 0 Å². The highest BCUT2D eigenvalue weighted by Crippen LogP contribution is 2.59. The molecule has 1 fully saturated rings. The highest BCUT2D eigenvalue weighted by atomic mass is 16.5. The van der Waals surface area contributed by atoms with Gasteiger partial charge >= 0.3 is 5.97 Å². The third kappa shape index (κ3) is 1.17. The monoisotopic (exact) mass is 218 g/mol. The average Bonchev–Trinajstić information content (AvgIpc) is 2.94. The van der Waals surface area contributed by atoms with Gasteiger partial charge in [0.15, 0.2) is 0 Å². The average molecular weight is 218 g/mol. The van der Waals surface area contributed by atoms with Crippen LogP contribution in [0.15, 0.2) is 12.1 Å². The van der Waals surface area contributed by atoms with Gasteiger partial charge in [-0.3, -0.25) is 4.79 Å². The van der Waals surface area contributed by atoms with E-state index in [0.717, 1.165) is 11.3 Å². The molecule has 0 bridgehead atoms. The number of benzene rings is 1. The molecule has 1 heterocycles. The van der Waals surface area contributed by atoms with Crippen molar-refractivity contribution < 1.29 is 14.6 Å². The molecule has 3 atom stereocenters. The summed E-state index contributed by atoms with van der Waals surface area (Å²) in [6, 6.07) is 4.11. The van der Waals surface area contributed by atoms with Gasteiger partial charge in [-0.15, -0.1) is 0 Å². The summed E-state index contributed by atoms with van der Waals surface area (Å²) in [6.07, 6.45) is 0. The second-order valence-electron chi connectivity index (χ2n) is 4.84. The van der Waals surface area contributed by atoms with Crippen molar-refractivity contribution in [1.29, 1.82) is 0 Å². The standard InChI is InChI=1S/C13H14O3/c1-6-3-8-10(4-7(6)2)16-5-9-11(8)12(9)13(14)15/h3-4,9,11-12H,5H2,1-2H3,(H,14,15). The number of aliphatic carboxylic acids is 1. The maximum absolute atomic E-state index is 11.0. The molecule has 3 heteroatoms. The van der Waals surface area contributed by atoms with Crippen LogP contribution in [-0.4, -0.2) is 17.7 Å². The van der Waals surface area contributed by atoms with E-state index in [-0.39, 0.29) is 17.8 Å². The number of ether oxygens (including phenoxy) is 1. The summed E-state index contributed by atoms with van der Waals surface area (Å²) in [5.41, 5.74) is 3.50. The first-order valence-electron chi connectivity index (χ1n) is 5.56. The molecule has 3 nitrogen and oxygen atoms in total. The van der Waals surface area contributed by atoms with Crippen LogP contribution < -0.4 is 4.74 Å². The molecular formula is C13H14O3. The minimum atomic E-state index is -0.690. The molecule has 2 aliphatic rings. The SMILES string of the molecule is Cc1cc2c(cc1C)C1C(CO2)C1C(=O)O. The van der Waals surface area contributed by atoms with E-state index in [1.807, 2.05) is 13.0 Å². The lowest BCUT2D eigenvalue weighted by Gasteiger charge is -2.17. The van der Waals surface area contributed by atoms with Crippen molar-refractivity contribution >= 4 is 5.97 Å². The smallest absolute Gasteiger partial charge is 0.307 e. The Morgan fingerprint density at radius 1 is 1.38 bits per heavy atom. The first kappa shape index (κ1) is 9.70. The molecule has 1 aliphatic heterocycles. The Hall–Kier alpha value is -1.51. The van der Waals surface area contributed by atoms with Gasteiger partial charge in [0.1, 0.15) is 5.75 Å². The third-order valence-corrected chi connectivity index (χ3v) is 3.87. The van der Waals surface area contributed by atoms with Gasteiger partial charge in [-0.25, -0.2) is 0 Å². The summed E-state index contributed by atoms with van der Waals surface area (Å²) >= 11 is 0. The number of carboxylic acids is 1. The summed E-state index contributed by atoms with van der Waals surface area (Å²) in [7, 11) is 0. The maximum Gasteiger partial charge on any atom is 0.307 e. The number of rotatable bonds is 1. The van der Waals surface area contributed by atoms with Crippen LogP contribution in [0.1, 0.15) is 22.6 Å². The van der Waals surface area contributed by atoms with E-state index in [2.05, 4.69) is 13.0 Å². The van der Waals surface area contributed by atoms with E-state index in [1.54, 1.807) is 0 Å². The number of carboxylic acid groups (broad SMARTS) is 1. The van der Waals surface area contributed by atoms with Crippen LogP contribution in [0.5, 0.6) is 5.75 Å². The highest BCUT2D eigenvalue weighted by molar-refractivity contribution is 5.77. The molecule has 3 unspecified atom stereocenters. The Labute approximate surface area is 94.0 Å². The Morgan fingerprint density at radius 3 is 2.75 bits per heavy atom. The van der Waals surface area contributed by atoms with Gasteiger partial charge in [-0.2, -0.15) is 0 Å². The molecular weight excluding hydrogens is 204 g/mol. The number of hydrogen-bond acceptors (Lipinski definition) is 2. The molecule has 1 saturated carbocycles. The second kappa shape index (κ2) is 3.00. The summed E-state index contributed by atoms with van der Waals surface area (Å²) in [4.78, 5) is 11.0. The van der Waals surface area contributed by atoms with E-state index < -0.39 is 5.97 Å². The fourth-order valence-electron chi connectivity index (χ4n) is 2.73. The summed E-state index contributed by atoms with van der Waals surface area (Å²) < 4.78 is 5.63. The van der Waals surface area contributed by atoms with Crippen molar-refractivity contribution in [3.63, 3.8) is 0 Å². The molecule has 16 heavy (non-hydrogen) atoms. The topological polar surface area (TPSA) is 46.5 Å². The summed E-state index contributed by atoms with van der Waals surface area (Å²) in [5.74, 6) is 0.328. The van der Waals surface area contributed by atoms with Crippen molar-refractivity contribution in [1.82, 2.24) is 0 Å². The Kier molecular flexibility index (Phi) is 1.82. The Bertz CT molecular complexity index is 478. The van der Waals surface area contributed by atoms with Gasteiger partial charge in [-0.1, -0.05) is 6.07 Å². The predicted molar refractivity (Wildman–Crippen MR) is 58.8 cm³/mol. The Morgan fingerprint density at radius 2 is 2.06 bits per heavy atom. The van der Waals surface area contributed by atoms with Gasteiger partial charge in [-0.05, 0) is 36.6 Å². The van der Waals surface area contributed by atoms with Crippen LogP contribution in [0.25, 0.3) is 0 Å². The van der Waals surface area contributed by atoms with Gasteiger partial charge in [0.25, 0.3) is 0 Å². The van der Waals surface area contributed by atoms with Crippen LogP contribution in [0.3, 0.4) is 0 Å².